The van der Waals surface area contributed by atoms with Gasteiger partial charge in [-0.25, -0.2) is 4.98 Å². The summed E-state index contributed by atoms with van der Waals surface area (Å²) in [6.45, 7) is 4.56. The quantitative estimate of drug-likeness (QED) is 0.851. The lowest BCUT2D eigenvalue weighted by atomic mass is 10.0. The molecule has 84 valence electrons. The van der Waals surface area contributed by atoms with E-state index in [0.29, 0.717) is 12.1 Å². The minimum absolute atomic E-state index is 0.452. The second-order valence-electron chi connectivity index (χ2n) is 4.19. The van der Waals surface area contributed by atoms with E-state index in [0.717, 1.165) is 13.1 Å². The number of aromatic nitrogens is 1. The Morgan fingerprint density at radius 3 is 2.87 bits per heavy atom. The Labute approximate surface area is 95.5 Å². The summed E-state index contributed by atoms with van der Waals surface area (Å²) in [4.78, 5) is 6.87. The fraction of sp³-hybridized carbons (Fsp3) is 0.727. The summed E-state index contributed by atoms with van der Waals surface area (Å²) in [5.74, 6) is 0. The highest BCUT2D eigenvalue weighted by atomic mass is 32.1. The lowest BCUT2D eigenvalue weighted by Gasteiger charge is -2.34. The van der Waals surface area contributed by atoms with Crippen molar-refractivity contribution >= 4 is 11.3 Å². The Balaban J connectivity index is 1.97. The molecule has 15 heavy (non-hydrogen) atoms. The van der Waals surface area contributed by atoms with Crippen molar-refractivity contribution in [1.29, 1.82) is 0 Å². The van der Waals surface area contributed by atoms with Crippen molar-refractivity contribution in [1.82, 2.24) is 15.2 Å². The van der Waals surface area contributed by atoms with Gasteiger partial charge in [-0.2, -0.15) is 0 Å². The van der Waals surface area contributed by atoms with Crippen LogP contribution in [0.2, 0.25) is 0 Å². The molecule has 0 aromatic carbocycles. The van der Waals surface area contributed by atoms with Crippen molar-refractivity contribution in [2.24, 2.45) is 0 Å². The third-order valence-electron chi connectivity index (χ3n) is 3.30. The zero-order chi connectivity index (χ0) is 10.7. The van der Waals surface area contributed by atoms with Crippen LogP contribution in [0.3, 0.4) is 0 Å². The minimum Gasteiger partial charge on any atom is -0.317 e. The van der Waals surface area contributed by atoms with Gasteiger partial charge in [0.1, 0.15) is 5.01 Å². The van der Waals surface area contributed by atoms with E-state index >= 15 is 0 Å². The lowest BCUT2D eigenvalue weighted by molar-refractivity contribution is 0.152. The molecule has 1 atom stereocenters. The molecule has 0 spiro atoms. The van der Waals surface area contributed by atoms with E-state index in [4.69, 9.17) is 0 Å². The van der Waals surface area contributed by atoms with Gasteiger partial charge in [0.2, 0.25) is 0 Å². The summed E-state index contributed by atoms with van der Waals surface area (Å²) in [5.41, 5.74) is 0. The molecule has 0 radical (unpaired) electrons. The summed E-state index contributed by atoms with van der Waals surface area (Å²) in [7, 11) is 2.22. The molecule has 0 saturated carbocycles. The highest BCUT2D eigenvalue weighted by Gasteiger charge is 2.23. The molecular formula is C11H19N3S. The fourth-order valence-corrected chi connectivity index (χ4v) is 2.89. The number of thiazole rings is 1. The smallest absolute Gasteiger partial charge is 0.109 e. The molecule has 4 heteroatoms. The molecule has 3 nitrogen and oxygen atoms in total. The molecule has 1 aliphatic heterocycles. The molecule has 0 bridgehead atoms. The van der Waals surface area contributed by atoms with Gasteiger partial charge in [-0.15, -0.1) is 11.3 Å². The molecule has 1 fully saturated rings. The Morgan fingerprint density at radius 1 is 1.53 bits per heavy atom. The van der Waals surface area contributed by atoms with Gasteiger partial charge in [-0.3, -0.25) is 4.90 Å². The first-order chi connectivity index (χ1) is 7.29. The zero-order valence-corrected chi connectivity index (χ0v) is 10.3. The molecule has 1 aromatic rings. The third-order valence-corrected chi connectivity index (χ3v) is 4.25. The molecule has 1 unspecified atom stereocenters. The van der Waals surface area contributed by atoms with E-state index in [1.165, 1.54) is 17.8 Å². The minimum atomic E-state index is 0.452. The number of hydrogen-bond donors (Lipinski definition) is 1. The molecular weight excluding hydrogens is 206 g/mol. The molecule has 1 aromatic heterocycles. The molecule has 1 N–H and O–H groups in total. The number of piperidine rings is 1. The van der Waals surface area contributed by atoms with Crippen LogP contribution in [-0.4, -0.2) is 36.1 Å². The van der Waals surface area contributed by atoms with Gasteiger partial charge in [0.15, 0.2) is 0 Å². The molecule has 2 heterocycles. The number of nitrogens with one attached hydrogen (secondary N) is 1. The molecule has 1 saturated heterocycles. The maximum atomic E-state index is 4.39. The van der Waals surface area contributed by atoms with Crippen LogP contribution in [0.25, 0.3) is 0 Å². The monoisotopic (exact) mass is 225 g/mol. The molecule has 2 rings (SSSR count). The summed E-state index contributed by atoms with van der Waals surface area (Å²) >= 11 is 1.75. The summed E-state index contributed by atoms with van der Waals surface area (Å²) in [6.07, 6.45) is 4.41. The normalized spacial score (nSPS) is 20.7. The number of rotatable bonds is 3. The third kappa shape index (κ3) is 2.56. The maximum Gasteiger partial charge on any atom is 0.109 e. The largest absolute Gasteiger partial charge is 0.317 e. The van der Waals surface area contributed by atoms with Crippen LogP contribution in [0, 0.1) is 0 Å². The van der Waals surface area contributed by atoms with Crippen molar-refractivity contribution in [2.75, 3.05) is 20.1 Å². The number of hydrogen-bond acceptors (Lipinski definition) is 4. The van der Waals surface area contributed by atoms with Crippen molar-refractivity contribution in [3.05, 3.63) is 16.6 Å². The first-order valence-corrected chi connectivity index (χ1v) is 6.49. The van der Waals surface area contributed by atoms with Crippen molar-refractivity contribution in [2.45, 2.75) is 31.8 Å². The SMILES string of the molecule is CC(c1nccs1)N(C)C1CCNCC1. The Morgan fingerprint density at radius 2 is 2.27 bits per heavy atom. The summed E-state index contributed by atoms with van der Waals surface area (Å²) < 4.78 is 0. The Kier molecular flexibility index (Phi) is 3.72. The van der Waals surface area contributed by atoms with Crippen LogP contribution in [0.5, 0.6) is 0 Å². The van der Waals surface area contributed by atoms with E-state index in [1.54, 1.807) is 11.3 Å². The van der Waals surface area contributed by atoms with E-state index in [-0.39, 0.29) is 0 Å². The standard InChI is InChI=1S/C11H19N3S/c1-9(11-13-7-8-15-11)14(2)10-3-5-12-6-4-10/h7-10,12H,3-6H2,1-2H3. The van der Waals surface area contributed by atoms with Crippen LogP contribution < -0.4 is 5.32 Å². The average molecular weight is 225 g/mol. The van der Waals surface area contributed by atoms with Crippen LogP contribution in [0.15, 0.2) is 11.6 Å². The molecule has 0 amide bonds. The highest BCUT2D eigenvalue weighted by molar-refractivity contribution is 7.09. The topological polar surface area (TPSA) is 28.2 Å². The van der Waals surface area contributed by atoms with Gasteiger partial charge in [-0.05, 0) is 39.9 Å². The second kappa shape index (κ2) is 5.05. The highest BCUT2D eigenvalue weighted by Crippen LogP contribution is 2.25. The first kappa shape index (κ1) is 11.0. The first-order valence-electron chi connectivity index (χ1n) is 5.61. The van der Waals surface area contributed by atoms with Crippen LogP contribution in [0.1, 0.15) is 30.8 Å². The van der Waals surface area contributed by atoms with E-state index in [9.17, 15) is 0 Å². The fourth-order valence-electron chi connectivity index (χ4n) is 2.15. The second-order valence-corrected chi connectivity index (χ2v) is 5.12. The summed E-state index contributed by atoms with van der Waals surface area (Å²) in [5, 5.41) is 6.69. The predicted molar refractivity (Wildman–Crippen MR) is 64.2 cm³/mol. The van der Waals surface area contributed by atoms with Gasteiger partial charge in [0, 0.05) is 17.6 Å². The van der Waals surface area contributed by atoms with Crippen molar-refractivity contribution < 1.29 is 0 Å². The predicted octanol–water partition coefficient (Wildman–Crippen LogP) is 1.89. The Hall–Kier alpha value is -0.450. The van der Waals surface area contributed by atoms with Crippen molar-refractivity contribution in [3.63, 3.8) is 0 Å². The van der Waals surface area contributed by atoms with Crippen LogP contribution in [-0.2, 0) is 0 Å². The molecule has 0 aliphatic carbocycles. The van der Waals surface area contributed by atoms with E-state index in [2.05, 4.69) is 34.6 Å². The zero-order valence-electron chi connectivity index (χ0n) is 9.44. The Bertz CT molecular complexity index is 280. The van der Waals surface area contributed by atoms with Crippen LogP contribution in [0.4, 0.5) is 0 Å². The van der Waals surface area contributed by atoms with E-state index < -0.39 is 0 Å². The summed E-state index contributed by atoms with van der Waals surface area (Å²) in [6, 6.07) is 1.17. The van der Waals surface area contributed by atoms with E-state index in [1.807, 2.05) is 6.20 Å². The van der Waals surface area contributed by atoms with Crippen molar-refractivity contribution in [3.8, 4) is 0 Å². The average Bonchev–Trinajstić information content (AvgIpc) is 2.82. The van der Waals surface area contributed by atoms with Gasteiger partial charge >= 0.3 is 0 Å². The lowest BCUT2D eigenvalue weighted by Crippen LogP contribution is -2.42. The van der Waals surface area contributed by atoms with Gasteiger partial charge in [0.05, 0.1) is 6.04 Å². The number of nitrogens with zero attached hydrogens (tertiary/aromatic N) is 2. The van der Waals surface area contributed by atoms with Crippen LogP contribution >= 0.6 is 11.3 Å². The van der Waals surface area contributed by atoms with Gasteiger partial charge < -0.3 is 5.32 Å². The van der Waals surface area contributed by atoms with Gasteiger partial charge in [0.25, 0.3) is 0 Å². The molecule has 1 aliphatic rings. The van der Waals surface area contributed by atoms with Gasteiger partial charge in [-0.1, -0.05) is 0 Å². The maximum absolute atomic E-state index is 4.39.